The third-order valence-electron chi connectivity index (χ3n) is 5.13. The summed E-state index contributed by atoms with van der Waals surface area (Å²) in [5, 5.41) is 22.9. The van der Waals surface area contributed by atoms with Gasteiger partial charge in [-0.2, -0.15) is 0 Å². The maximum atomic E-state index is 12.1. The first-order chi connectivity index (χ1) is 14.9. The van der Waals surface area contributed by atoms with Gasteiger partial charge in [-0.15, -0.1) is 20.4 Å². The summed E-state index contributed by atoms with van der Waals surface area (Å²) >= 11 is 0. The van der Waals surface area contributed by atoms with Gasteiger partial charge in [0, 0.05) is 28.6 Å². The monoisotopic (exact) mass is 440 g/mol. The van der Waals surface area contributed by atoms with Crippen molar-refractivity contribution < 1.29 is 14.3 Å². The molecule has 2 atom stereocenters. The quantitative estimate of drug-likeness (QED) is 0.735. The number of hydrogen-bond acceptors (Lipinski definition) is 7. The number of amides is 2. The lowest BCUT2D eigenvalue weighted by atomic mass is 9.95. The Bertz CT molecular complexity index is 946. The number of anilines is 1. The van der Waals surface area contributed by atoms with E-state index in [-0.39, 0.29) is 17.9 Å². The van der Waals surface area contributed by atoms with Crippen LogP contribution >= 0.6 is 0 Å². The number of ether oxygens (including phenoxy) is 1. The Balaban J connectivity index is 1.65. The van der Waals surface area contributed by atoms with Gasteiger partial charge in [0.2, 0.25) is 11.7 Å². The molecule has 0 spiro atoms. The molecule has 3 rings (SSSR count). The van der Waals surface area contributed by atoms with E-state index < -0.39 is 17.1 Å². The normalized spacial score (nSPS) is 18.8. The highest BCUT2D eigenvalue weighted by Crippen LogP contribution is 2.32. The molecule has 0 bridgehead atoms. The van der Waals surface area contributed by atoms with Crippen LogP contribution in [0.2, 0.25) is 0 Å². The summed E-state index contributed by atoms with van der Waals surface area (Å²) in [6.45, 7) is 11.1. The fourth-order valence-corrected chi connectivity index (χ4v) is 3.42. The van der Waals surface area contributed by atoms with E-state index in [0.717, 1.165) is 24.8 Å². The van der Waals surface area contributed by atoms with Crippen LogP contribution in [0, 0.1) is 5.41 Å². The number of nitrogens with one attached hydrogen (secondary N) is 2. The molecule has 172 valence electrons. The number of rotatable bonds is 4. The van der Waals surface area contributed by atoms with Crippen molar-refractivity contribution in [2.24, 2.45) is 5.41 Å². The van der Waals surface area contributed by atoms with Gasteiger partial charge in [-0.3, -0.25) is 4.79 Å². The molecule has 0 saturated heterocycles. The van der Waals surface area contributed by atoms with Gasteiger partial charge in [0.15, 0.2) is 5.82 Å². The van der Waals surface area contributed by atoms with Crippen molar-refractivity contribution in [2.45, 2.75) is 78.4 Å². The SMILES string of the molecule is CC(C)(C)OC(=O)NC1CCCC1c1nnc(-c2ccc(NC(=O)C(C)(C)C)cc2)nn1. The van der Waals surface area contributed by atoms with Crippen LogP contribution in [-0.2, 0) is 9.53 Å². The summed E-state index contributed by atoms with van der Waals surface area (Å²) in [6.07, 6.45) is 2.20. The van der Waals surface area contributed by atoms with E-state index in [4.69, 9.17) is 4.74 Å². The number of carbonyl (C=O) groups excluding carboxylic acids is 2. The van der Waals surface area contributed by atoms with Gasteiger partial charge in [-0.25, -0.2) is 4.79 Å². The van der Waals surface area contributed by atoms with Crippen molar-refractivity contribution in [3.8, 4) is 11.4 Å². The fraction of sp³-hybridized carbons (Fsp3) is 0.565. The van der Waals surface area contributed by atoms with Crippen LogP contribution in [0.25, 0.3) is 11.4 Å². The number of alkyl carbamates (subject to hydrolysis) is 1. The molecule has 2 unspecified atom stereocenters. The van der Waals surface area contributed by atoms with E-state index in [1.54, 1.807) is 12.1 Å². The highest BCUT2D eigenvalue weighted by molar-refractivity contribution is 5.94. The maximum Gasteiger partial charge on any atom is 0.407 e. The molecule has 1 aliphatic rings. The molecule has 1 heterocycles. The lowest BCUT2D eigenvalue weighted by Crippen LogP contribution is -2.40. The summed E-state index contributed by atoms with van der Waals surface area (Å²) < 4.78 is 5.36. The average Bonchev–Trinajstić information content (AvgIpc) is 3.14. The molecule has 2 amide bonds. The second-order valence-corrected chi connectivity index (χ2v) is 10.2. The Kier molecular flexibility index (Phi) is 6.76. The molecule has 2 N–H and O–H groups in total. The molecule has 0 radical (unpaired) electrons. The molecule has 1 fully saturated rings. The van der Waals surface area contributed by atoms with Crippen LogP contribution in [-0.4, -0.2) is 44.0 Å². The smallest absolute Gasteiger partial charge is 0.407 e. The van der Waals surface area contributed by atoms with Crippen LogP contribution in [0.5, 0.6) is 0 Å². The summed E-state index contributed by atoms with van der Waals surface area (Å²) in [5.74, 6) is 0.810. The second kappa shape index (κ2) is 9.18. The zero-order valence-electron chi connectivity index (χ0n) is 19.6. The van der Waals surface area contributed by atoms with Crippen molar-refractivity contribution in [1.82, 2.24) is 25.7 Å². The Morgan fingerprint density at radius 1 is 0.938 bits per heavy atom. The number of hydrogen-bond donors (Lipinski definition) is 2. The number of carbonyl (C=O) groups is 2. The Morgan fingerprint density at radius 3 is 2.12 bits per heavy atom. The highest BCUT2D eigenvalue weighted by Gasteiger charge is 2.34. The van der Waals surface area contributed by atoms with Crippen LogP contribution in [0.15, 0.2) is 24.3 Å². The first kappa shape index (κ1) is 23.6. The van der Waals surface area contributed by atoms with Gasteiger partial charge in [-0.1, -0.05) is 27.2 Å². The fourth-order valence-electron chi connectivity index (χ4n) is 3.42. The maximum absolute atomic E-state index is 12.1. The minimum absolute atomic E-state index is 0.0495. The summed E-state index contributed by atoms with van der Waals surface area (Å²) in [6, 6.07) is 7.13. The lowest BCUT2D eigenvalue weighted by molar-refractivity contribution is -0.123. The van der Waals surface area contributed by atoms with Gasteiger partial charge in [0.1, 0.15) is 5.60 Å². The predicted molar refractivity (Wildman–Crippen MR) is 121 cm³/mol. The first-order valence-electron chi connectivity index (χ1n) is 10.9. The minimum atomic E-state index is -0.551. The van der Waals surface area contributed by atoms with Gasteiger partial charge in [0.25, 0.3) is 0 Å². The largest absolute Gasteiger partial charge is 0.444 e. The minimum Gasteiger partial charge on any atom is -0.444 e. The van der Waals surface area contributed by atoms with E-state index in [1.807, 2.05) is 53.7 Å². The van der Waals surface area contributed by atoms with E-state index in [1.165, 1.54) is 0 Å². The molecule has 9 heteroatoms. The van der Waals surface area contributed by atoms with Gasteiger partial charge in [-0.05, 0) is 57.9 Å². The summed E-state index contributed by atoms with van der Waals surface area (Å²) in [4.78, 5) is 24.3. The molecular formula is C23H32N6O3. The molecule has 1 saturated carbocycles. The highest BCUT2D eigenvalue weighted by atomic mass is 16.6. The molecule has 2 aromatic rings. The van der Waals surface area contributed by atoms with Gasteiger partial charge in [0.05, 0.1) is 0 Å². The van der Waals surface area contributed by atoms with Crippen molar-refractivity contribution >= 4 is 17.7 Å². The van der Waals surface area contributed by atoms with Crippen LogP contribution in [0.3, 0.4) is 0 Å². The Morgan fingerprint density at radius 2 is 1.56 bits per heavy atom. The zero-order valence-corrected chi connectivity index (χ0v) is 19.6. The molecule has 1 aromatic heterocycles. The third kappa shape index (κ3) is 6.21. The van der Waals surface area contributed by atoms with Gasteiger partial charge >= 0.3 is 6.09 Å². The molecule has 9 nitrogen and oxygen atoms in total. The molecule has 1 aliphatic carbocycles. The summed E-state index contributed by atoms with van der Waals surface area (Å²) in [5.41, 5.74) is 0.431. The number of benzene rings is 1. The van der Waals surface area contributed by atoms with E-state index in [2.05, 4.69) is 31.0 Å². The van der Waals surface area contributed by atoms with Crippen LogP contribution < -0.4 is 10.6 Å². The second-order valence-electron chi connectivity index (χ2n) is 10.2. The molecular weight excluding hydrogens is 408 g/mol. The van der Waals surface area contributed by atoms with E-state index in [9.17, 15) is 9.59 Å². The predicted octanol–water partition coefficient (Wildman–Crippen LogP) is 4.08. The van der Waals surface area contributed by atoms with Crippen molar-refractivity contribution in [1.29, 1.82) is 0 Å². The van der Waals surface area contributed by atoms with Crippen LogP contribution in [0.1, 0.15) is 72.5 Å². The lowest BCUT2D eigenvalue weighted by Gasteiger charge is -2.23. The van der Waals surface area contributed by atoms with Gasteiger partial charge < -0.3 is 15.4 Å². The standard InChI is InChI=1S/C23H32N6O3/c1-22(2,3)20(30)24-15-12-10-14(11-13-15)18-26-28-19(29-27-18)16-8-7-9-17(16)25-21(31)32-23(4,5)6/h10-13,16-17H,7-9H2,1-6H3,(H,24,30)(H,25,31). The molecule has 32 heavy (non-hydrogen) atoms. The third-order valence-corrected chi connectivity index (χ3v) is 5.13. The van der Waals surface area contributed by atoms with Crippen molar-refractivity contribution in [3.05, 3.63) is 30.1 Å². The number of nitrogens with zero attached hydrogens (tertiary/aromatic N) is 4. The van der Waals surface area contributed by atoms with E-state index >= 15 is 0 Å². The van der Waals surface area contributed by atoms with Crippen LogP contribution in [0.4, 0.5) is 10.5 Å². The Labute approximate surface area is 188 Å². The zero-order chi connectivity index (χ0) is 23.5. The van der Waals surface area contributed by atoms with Crippen molar-refractivity contribution in [3.63, 3.8) is 0 Å². The topological polar surface area (TPSA) is 119 Å². The first-order valence-corrected chi connectivity index (χ1v) is 10.9. The molecule has 0 aliphatic heterocycles. The van der Waals surface area contributed by atoms with E-state index in [0.29, 0.717) is 17.3 Å². The average molecular weight is 441 g/mol. The van der Waals surface area contributed by atoms with Crippen molar-refractivity contribution in [2.75, 3.05) is 5.32 Å². The Hall–Kier alpha value is -3.10. The number of aromatic nitrogens is 4. The molecule has 1 aromatic carbocycles. The summed E-state index contributed by atoms with van der Waals surface area (Å²) in [7, 11) is 0.